The number of aromatic nitrogens is 1. The van der Waals surface area contributed by atoms with Crippen LogP contribution in [0.15, 0.2) is 29.6 Å². The van der Waals surface area contributed by atoms with Crippen LogP contribution in [0.3, 0.4) is 0 Å². The van der Waals surface area contributed by atoms with Crippen molar-refractivity contribution in [3.05, 3.63) is 35.3 Å². The van der Waals surface area contributed by atoms with Crippen LogP contribution < -0.4 is 10.1 Å². The topological polar surface area (TPSA) is 71.5 Å². The smallest absolute Gasteiger partial charge is 0.270 e. The van der Waals surface area contributed by atoms with Crippen LogP contribution in [0.2, 0.25) is 0 Å². The molecule has 2 aromatic rings. The number of nitrogens with one attached hydrogen (secondary N) is 1. The van der Waals surface area contributed by atoms with E-state index in [9.17, 15) is 9.59 Å². The standard InChI is InChI=1S/C24H31N3O3S/c1-2-30-20-10-8-17(9-11-20)23-26-21(16-31-23)22(28)25-19-12-14-27(15-13-19)24(29)18-6-4-3-5-7-18/h8-11,16,18-19H,2-7,12-15H2,1H3,(H,25,28). The van der Waals surface area contributed by atoms with E-state index < -0.39 is 0 Å². The van der Waals surface area contributed by atoms with E-state index in [1.807, 2.05) is 41.5 Å². The lowest BCUT2D eigenvalue weighted by Crippen LogP contribution is -2.48. The molecule has 0 radical (unpaired) electrons. The van der Waals surface area contributed by atoms with Crippen LogP contribution in [-0.4, -0.2) is 47.4 Å². The third-order valence-corrected chi connectivity index (χ3v) is 7.14. The third-order valence-electron chi connectivity index (χ3n) is 6.25. The predicted octanol–water partition coefficient (Wildman–Crippen LogP) is 4.51. The van der Waals surface area contributed by atoms with Crippen LogP contribution in [-0.2, 0) is 4.79 Å². The second kappa shape index (κ2) is 10.3. The van der Waals surface area contributed by atoms with E-state index in [1.165, 1.54) is 30.6 Å². The van der Waals surface area contributed by atoms with Crippen LogP contribution in [0.4, 0.5) is 0 Å². The maximum Gasteiger partial charge on any atom is 0.270 e. The number of carbonyl (C=O) groups excluding carboxylic acids is 2. The summed E-state index contributed by atoms with van der Waals surface area (Å²) in [5.41, 5.74) is 1.43. The van der Waals surface area contributed by atoms with Crippen molar-refractivity contribution in [2.45, 2.75) is 57.9 Å². The van der Waals surface area contributed by atoms with Gasteiger partial charge in [-0.05, 0) is 56.9 Å². The van der Waals surface area contributed by atoms with Crippen molar-refractivity contribution in [2.24, 2.45) is 5.92 Å². The van der Waals surface area contributed by atoms with Crippen LogP contribution in [0, 0.1) is 5.92 Å². The van der Waals surface area contributed by atoms with E-state index >= 15 is 0 Å². The van der Waals surface area contributed by atoms with Gasteiger partial charge in [0, 0.05) is 36.0 Å². The molecular weight excluding hydrogens is 410 g/mol. The van der Waals surface area contributed by atoms with Crippen LogP contribution in [0.25, 0.3) is 10.6 Å². The maximum absolute atomic E-state index is 12.7. The molecule has 1 aliphatic carbocycles. The van der Waals surface area contributed by atoms with Crippen molar-refractivity contribution in [1.29, 1.82) is 0 Å². The van der Waals surface area contributed by atoms with E-state index in [2.05, 4.69) is 10.3 Å². The molecule has 1 N–H and O–H groups in total. The SMILES string of the molecule is CCOc1ccc(-c2nc(C(=O)NC3CCN(C(=O)C4CCCCC4)CC3)cs2)cc1. The molecule has 2 aliphatic rings. The van der Waals surface area contributed by atoms with Crippen molar-refractivity contribution < 1.29 is 14.3 Å². The molecule has 2 heterocycles. The molecule has 1 aromatic carbocycles. The molecule has 1 aromatic heterocycles. The fourth-order valence-corrected chi connectivity index (χ4v) is 5.29. The van der Waals surface area contributed by atoms with Crippen LogP contribution in [0.1, 0.15) is 62.4 Å². The summed E-state index contributed by atoms with van der Waals surface area (Å²) in [5.74, 6) is 1.24. The maximum atomic E-state index is 12.7. The fraction of sp³-hybridized carbons (Fsp3) is 0.542. The molecule has 6 nitrogen and oxygen atoms in total. The largest absolute Gasteiger partial charge is 0.494 e. The summed E-state index contributed by atoms with van der Waals surface area (Å²) in [6.45, 7) is 4.05. The summed E-state index contributed by atoms with van der Waals surface area (Å²) in [6.07, 6.45) is 7.30. The summed E-state index contributed by atoms with van der Waals surface area (Å²) >= 11 is 1.47. The van der Waals surface area contributed by atoms with Gasteiger partial charge in [0.25, 0.3) is 5.91 Å². The molecular formula is C24H31N3O3S. The average Bonchev–Trinajstić information content (AvgIpc) is 3.31. The molecule has 1 saturated heterocycles. The zero-order chi connectivity index (χ0) is 21.6. The lowest BCUT2D eigenvalue weighted by molar-refractivity contribution is -0.137. The summed E-state index contributed by atoms with van der Waals surface area (Å²) < 4.78 is 5.48. The van der Waals surface area contributed by atoms with Gasteiger partial charge in [0.15, 0.2) is 0 Å². The highest BCUT2D eigenvalue weighted by molar-refractivity contribution is 7.13. The molecule has 0 bridgehead atoms. The number of thiazole rings is 1. The summed E-state index contributed by atoms with van der Waals surface area (Å²) in [6, 6.07) is 7.86. The predicted molar refractivity (Wildman–Crippen MR) is 122 cm³/mol. The Labute approximate surface area is 188 Å². The number of hydrogen-bond donors (Lipinski definition) is 1. The molecule has 0 spiro atoms. The summed E-state index contributed by atoms with van der Waals surface area (Å²) in [5, 5.41) is 5.74. The molecule has 1 saturated carbocycles. The van der Waals surface area contributed by atoms with Gasteiger partial charge < -0.3 is 15.0 Å². The van der Waals surface area contributed by atoms with E-state index in [0.29, 0.717) is 18.2 Å². The van der Waals surface area contributed by atoms with Crippen molar-refractivity contribution in [3.63, 3.8) is 0 Å². The minimum atomic E-state index is -0.134. The number of carbonyl (C=O) groups is 2. The number of ether oxygens (including phenoxy) is 1. The third kappa shape index (κ3) is 5.45. The molecule has 7 heteroatoms. The molecule has 31 heavy (non-hydrogen) atoms. The lowest BCUT2D eigenvalue weighted by atomic mass is 9.87. The van der Waals surface area contributed by atoms with E-state index in [1.54, 1.807) is 0 Å². The number of amides is 2. The monoisotopic (exact) mass is 441 g/mol. The minimum absolute atomic E-state index is 0.0959. The molecule has 2 fully saturated rings. The number of piperidine rings is 1. The Morgan fingerprint density at radius 1 is 1.10 bits per heavy atom. The van der Waals surface area contributed by atoms with E-state index in [4.69, 9.17) is 4.74 Å². The minimum Gasteiger partial charge on any atom is -0.494 e. The quantitative estimate of drug-likeness (QED) is 0.716. The first-order valence-corrected chi connectivity index (χ1v) is 12.3. The number of hydrogen-bond acceptors (Lipinski definition) is 5. The second-order valence-electron chi connectivity index (χ2n) is 8.40. The second-order valence-corrected chi connectivity index (χ2v) is 9.26. The Hall–Kier alpha value is -2.41. The Kier molecular flexibility index (Phi) is 7.22. The van der Waals surface area contributed by atoms with Crippen molar-refractivity contribution in [2.75, 3.05) is 19.7 Å². The lowest BCUT2D eigenvalue weighted by Gasteiger charge is -2.35. The van der Waals surface area contributed by atoms with Gasteiger partial charge in [-0.3, -0.25) is 9.59 Å². The number of rotatable bonds is 6. The van der Waals surface area contributed by atoms with Gasteiger partial charge in [0.05, 0.1) is 6.61 Å². The number of likely N-dealkylation sites (tertiary alicyclic amines) is 1. The van der Waals surface area contributed by atoms with Gasteiger partial charge >= 0.3 is 0 Å². The van der Waals surface area contributed by atoms with Crippen molar-refractivity contribution >= 4 is 23.2 Å². The first-order chi connectivity index (χ1) is 15.1. The highest BCUT2D eigenvalue weighted by atomic mass is 32.1. The Balaban J connectivity index is 1.28. The number of benzene rings is 1. The average molecular weight is 442 g/mol. The Morgan fingerprint density at radius 2 is 1.81 bits per heavy atom. The molecule has 0 atom stereocenters. The van der Waals surface area contributed by atoms with Gasteiger partial charge in [-0.1, -0.05) is 19.3 Å². The summed E-state index contributed by atoms with van der Waals surface area (Å²) in [4.78, 5) is 31.9. The molecule has 4 rings (SSSR count). The van der Waals surface area contributed by atoms with E-state index in [0.717, 1.165) is 55.1 Å². The molecule has 1 aliphatic heterocycles. The van der Waals surface area contributed by atoms with Crippen molar-refractivity contribution in [3.8, 4) is 16.3 Å². The Bertz CT molecular complexity index is 882. The Morgan fingerprint density at radius 3 is 2.48 bits per heavy atom. The van der Waals surface area contributed by atoms with Gasteiger partial charge in [0.2, 0.25) is 5.91 Å². The van der Waals surface area contributed by atoms with Gasteiger partial charge in [-0.25, -0.2) is 4.98 Å². The van der Waals surface area contributed by atoms with Crippen molar-refractivity contribution in [1.82, 2.24) is 15.2 Å². The molecule has 166 valence electrons. The first kappa shape index (κ1) is 21.8. The summed E-state index contributed by atoms with van der Waals surface area (Å²) in [7, 11) is 0. The van der Waals surface area contributed by atoms with Gasteiger partial charge in [0.1, 0.15) is 16.5 Å². The zero-order valence-corrected chi connectivity index (χ0v) is 19.0. The van der Waals surface area contributed by atoms with Crippen LogP contribution >= 0.6 is 11.3 Å². The van der Waals surface area contributed by atoms with E-state index in [-0.39, 0.29) is 17.9 Å². The highest BCUT2D eigenvalue weighted by Crippen LogP contribution is 2.28. The molecule has 0 unspecified atom stereocenters. The van der Waals surface area contributed by atoms with Crippen LogP contribution in [0.5, 0.6) is 5.75 Å². The normalized spacial score (nSPS) is 18.0. The number of nitrogens with zero attached hydrogens (tertiary/aromatic N) is 2. The first-order valence-electron chi connectivity index (χ1n) is 11.4. The zero-order valence-electron chi connectivity index (χ0n) is 18.1. The molecule has 2 amide bonds. The highest BCUT2D eigenvalue weighted by Gasteiger charge is 2.29. The van der Waals surface area contributed by atoms with Gasteiger partial charge in [-0.2, -0.15) is 0 Å². The fourth-order valence-electron chi connectivity index (χ4n) is 4.48. The van der Waals surface area contributed by atoms with Gasteiger partial charge in [-0.15, -0.1) is 11.3 Å².